The zero-order valence-electron chi connectivity index (χ0n) is 11.0. The SMILES string of the molecule is CCOc1cc(Br)c(Br)c(C=Nc2ccc(I)cn2)c1O. The lowest BCUT2D eigenvalue weighted by atomic mass is 10.2. The number of hydrogen-bond donors (Lipinski definition) is 1. The summed E-state index contributed by atoms with van der Waals surface area (Å²) in [5.74, 6) is 1.02. The summed E-state index contributed by atoms with van der Waals surface area (Å²) in [6.45, 7) is 2.33. The van der Waals surface area contributed by atoms with Gasteiger partial charge in [-0.2, -0.15) is 0 Å². The van der Waals surface area contributed by atoms with Gasteiger partial charge >= 0.3 is 0 Å². The quantitative estimate of drug-likeness (QED) is 0.448. The Labute approximate surface area is 153 Å². The minimum absolute atomic E-state index is 0.0428. The Bertz CT molecular complexity index is 676. The van der Waals surface area contributed by atoms with Crippen molar-refractivity contribution < 1.29 is 9.84 Å². The van der Waals surface area contributed by atoms with Crippen molar-refractivity contribution in [2.45, 2.75) is 6.92 Å². The molecule has 0 aliphatic rings. The lowest BCUT2D eigenvalue weighted by Crippen LogP contribution is -1.96. The van der Waals surface area contributed by atoms with Gasteiger partial charge in [0.25, 0.3) is 0 Å². The van der Waals surface area contributed by atoms with Gasteiger partial charge in [0.05, 0.1) is 12.2 Å². The molecule has 0 unspecified atom stereocenters. The van der Waals surface area contributed by atoms with E-state index in [9.17, 15) is 5.11 Å². The molecule has 0 saturated carbocycles. The number of pyridine rings is 1. The fraction of sp³-hybridized carbons (Fsp3) is 0.143. The van der Waals surface area contributed by atoms with Crippen molar-refractivity contribution in [1.82, 2.24) is 4.98 Å². The number of hydrogen-bond acceptors (Lipinski definition) is 4. The van der Waals surface area contributed by atoms with E-state index in [1.54, 1.807) is 18.5 Å². The Balaban J connectivity index is 2.40. The number of phenolic OH excluding ortho intramolecular Hbond substituents is 1. The Kier molecular flexibility index (Phi) is 6.00. The molecule has 4 nitrogen and oxygen atoms in total. The molecule has 1 N–H and O–H groups in total. The predicted octanol–water partition coefficient (Wildman–Crippen LogP) is 5.07. The van der Waals surface area contributed by atoms with Crippen molar-refractivity contribution in [2.75, 3.05) is 6.61 Å². The molecule has 1 aromatic heterocycles. The van der Waals surface area contributed by atoms with Crippen LogP contribution in [0.5, 0.6) is 11.5 Å². The molecule has 0 amide bonds. The first-order valence-electron chi connectivity index (χ1n) is 6.02. The third kappa shape index (κ3) is 4.17. The molecule has 21 heavy (non-hydrogen) atoms. The molecule has 7 heteroatoms. The van der Waals surface area contributed by atoms with E-state index in [0.717, 1.165) is 8.04 Å². The van der Waals surface area contributed by atoms with Crippen LogP contribution >= 0.6 is 54.5 Å². The van der Waals surface area contributed by atoms with E-state index in [1.807, 2.05) is 19.1 Å². The first-order valence-corrected chi connectivity index (χ1v) is 8.68. The van der Waals surface area contributed by atoms with Gasteiger partial charge in [0.2, 0.25) is 0 Å². The third-order valence-electron chi connectivity index (χ3n) is 2.53. The van der Waals surface area contributed by atoms with Crippen molar-refractivity contribution in [3.63, 3.8) is 0 Å². The van der Waals surface area contributed by atoms with E-state index in [2.05, 4.69) is 64.4 Å². The highest BCUT2D eigenvalue weighted by molar-refractivity contribution is 14.1. The Hall–Kier alpha value is -0.670. The number of ether oxygens (including phenoxy) is 1. The van der Waals surface area contributed by atoms with E-state index in [0.29, 0.717) is 28.2 Å². The molecule has 0 spiro atoms. The van der Waals surface area contributed by atoms with Crippen LogP contribution in [0.25, 0.3) is 0 Å². The van der Waals surface area contributed by atoms with Gasteiger partial charge in [-0.05, 0) is 79.6 Å². The second kappa shape index (κ2) is 7.55. The monoisotopic (exact) mass is 524 g/mol. The molecule has 1 aromatic carbocycles. The molecular weight excluding hydrogens is 515 g/mol. The first kappa shape index (κ1) is 16.7. The van der Waals surface area contributed by atoms with E-state index in [4.69, 9.17) is 4.74 Å². The molecule has 0 fully saturated rings. The Morgan fingerprint density at radius 1 is 1.43 bits per heavy atom. The van der Waals surface area contributed by atoms with Crippen LogP contribution in [0, 0.1) is 3.57 Å². The summed E-state index contributed by atoms with van der Waals surface area (Å²) < 4.78 is 7.93. The maximum Gasteiger partial charge on any atom is 0.167 e. The number of aliphatic imine (C=N–C) groups is 1. The van der Waals surface area contributed by atoms with Crippen LogP contribution in [0.15, 0.2) is 38.3 Å². The lowest BCUT2D eigenvalue weighted by Gasteiger charge is -2.11. The minimum atomic E-state index is 0.0428. The summed E-state index contributed by atoms with van der Waals surface area (Å²) >= 11 is 9.03. The summed E-state index contributed by atoms with van der Waals surface area (Å²) in [6.07, 6.45) is 3.29. The van der Waals surface area contributed by atoms with Gasteiger partial charge in [-0.25, -0.2) is 9.98 Å². The maximum absolute atomic E-state index is 10.3. The summed E-state index contributed by atoms with van der Waals surface area (Å²) in [7, 11) is 0. The molecule has 0 radical (unpaired) electrons. The van der Waals surface area contributed by atoms with Gasteiger partial charge in [-0.3, -0.25) is 0 Å². The van der Waals surface area contributed by atoms with Gasteiger partial charge in [-0.1, -0.05) is 0 Å². The molecule has 2 rings (SSSR count). The van der Waals surface area contributed by atoms with Crippen LogP contribution in [0.1, 0.15) is 12.5 Å². The van der Waals surface area contributed by atoms with Crippen molar-refractivity contribution in [3.05, 3.63) is 42.5 Å². The minimum Gasteiger partial charge on any atom is -0.504 e. The topological polar surface area (TPSA) is 54.7 Å². The van der Waals surface area contributed by atoms with Crippen molar-refractivity contribution in [2.24, 2.45) is 4.99 Å². The number of halogens is 3. The fourth-order valence-corrected chi connectivity index (χ4v) is 2.72. The maximum atomic E-state index is 10.3. The predicted molar refractivity (Wildman–Crippen MR) is 98.9 cm³/mol. The average Bonchev–Trinajstić information content (AvgIpc) is 2.47. The first-order chi connectivity index (χ1) is 10.0. The van der Waals surface area contributed by atoms with E-state index < -0.39 is 0 Å². The molecular formula is C14H11Br2IN2O2. The van der Waals surface area contributed by atoms with Crippen LogP contribution < -0.4 is 4.74 Å². The van der Waals surface area contributed by atoms with Crippen LogP contribution in [0.2, 0.25) is 0 Å². The van der Waals surface area contributed by atoms with E-state index in [1.165, 1.54) is 0 Å². The summed E-state index contributed by atoms with van der Waals surface area (Å²) in [4.78, 5) is 8.46. The van der Waals surface area contributed by atoms with Gasteiger partial charge in [0, 0.05) is 24.9 Å². The van der Waals surface area contributed by atoms with Gasteiger partial charge in [0.1, 0.15) is 0 Å². The number of aromatic nitrogens is 1. The molecule has 1 heterocycles. The van der Waals surface area contributed by atoms with Gasteiger partial charge < -0.3 is 9.84 Å². The van der Waals surface area contributed by atoms with Crippen LogP contribution in [-0.2, 0) is 0 Å². The lowest BCUT2D eigenvalue weighted by molar-refractivity contribution is 0.317. The number of rotatable bonds is 4. The van der Waals surface area contributed by atoms with Gasteiger partial charge in [-0.15, -0.1) is 0 Å². The molecule has 0 aliphatic carbocycles. The highest BCUT2D eigenvalue weighted by Gasteiger charge is 2.14. The fourth-order valence-electron chi connectivity index (χ4n) is 1.57. The second-order valence-corrected chi connectivity index (χ2v) is 6.85. The summed E-state index contributed by atoms with van der Waals surface area (Å²) in [6, 6.07) is 5.44. The van der Waals surface area contributed by atoms with Crippen LogP contribution in [0.3, 0.4) is 0 Å². The van der Waals surface area contributed by atoms with Crippen LogP contribution in [0.4, 0.5) is 5.82 Å². The second-order valence-electron chi connectivity index (χ2n) is 3.96. The summed E-state index contributed by atoms with van der Waals surface area (Å²) in [5, 5.41) is 10.3. The third-order valence-corrected chi connectivity index (χ3v) is 5.18. The smallest absolute Gasteiger partial charge is 0.167 e. The molecule has 0 aliphatic heterocycles. The van der Waals surface area contributed by atoms with Crippen molar-refractivity contribution >= 4 is 66.5 Å². The molecule has 0 atom stereocenters. The Morgan fingerprint density at radius 2 is 2.19 bits per heavy atom. The molecule has 110 valence electrons. The molecule has 0 bridgehead atoms. The number of phenols is 1. The standard InChI is InChI=1S/C14H11Br2IN2O2/c1-2-21-11-5-10(15)13(16)9(14(11)20)7-19-12-4-3-8(17)6-18-12/h3-7,20H,2H2,1H3. The summed E-state index contributed by atoms with van der Waals surface area (Å²) in [5.41, 5.74) is 0.535. The number of benzene rings is 1. The zero-order chi connectivity index (χ0) is 15.4. The van der Waals surface area contributed by atoms with Crippen LogP contribution in [-0.4, -0.2) is 22.9 Å². The highest BCUT2D eigenvalue weighted by Crippen LogP contribution is 2.39. The zero-order valence-corrected chi connectivity index (χ0v) is 16.3. The van der Waals surface area contributed by atoms with E-state index in [-0.39, 0.29) is 5.75 Å². The van der Waals surface area contributed by atoms with Crippen molar-refractivity contribution in [1.29, 1.82) is 0 Å². The number of nitrogens with zero attached hydrogens (tertiary/aromatic N) is 2. The molecule has 2 aromatic rings. The largest absolute Gasteiger partial charge is 0.504 e. The normalized spacial score (nSPS) is 11.0. The van der Waals surface area contributed by atoms with E-state index >= 15 is 0 Å². The van der Waals surface area contributed by atoms with Crippen molar-refractivity contribution in [3.8, 4) is 11.5 Å². The number of aromatic hydroxyl groups is 1. The average molecular weight is 526 g/mol. The molecule has 0 saturated heterocycles. The van der Waals surface area contributed by atoms with Gasteiger partial charge in [0.15, 0.2) is 17.3 Å². The Morgan fingerprint density at radius 3 is 2.81 bits per heavy atom. The highest BCUT2D eigenvalue weighted by atomic mass is 127.